The second-order valence-electron chi connectivity index (χ2n) is 11.2. The summed E-state index contributed by atoms with van der Waals surface area (Å²) in [6.07, 6.45) is 0. The number of amides is 3. The number of nitrogens with zero attached hydrogens (tertiary/aromatic N) is 5. The number of fused-ring (bicyclic) bond motifs is 1. The third kappa shape index (κ3) is 5.49. The Bertz CT molecular complexity index is 1380. The van der Waals surface area contributed by atoms with Gasteiger partial charge in [-0.05, 0) is 36.1 Å². The van der Waals surface area contributed by atoms with Gasteiger partial charge in [0.05, 0.1) is 22.4 Å². The topological polar surface area (TPSA) is 78.8 Å². The first-order valence-electron chi connectivity index (χ1n) is 13.2. The Morgan fingerprint density at radius 1 is 1.05 bits per heavy atom. The van der Waals surface area contributed by atoms with E-state index >= 15 is 0 Å². The molecule has 0 bridgehead atoms. The van der Waals surface area contributed by atoms with Gasteiger partial charge in [-0.25, -0.2) is 4.68 Å². The van der Waals surface area contributed by atoms with Gasteiger partial charge >= 0.3 is 0 Å². The molecule has 2 aromatic heterocycles. The van der Waals surface area contributed by atoms with Crippen molar-refractivity contribution in [2.75, 3.05) is 43.4 Å². The lowest BCUT2D eigenvalue weighted by Gasteiger charge is -2.35. The van der Waals surface area contributed by atoms with E-state index in [4.69, 9.17) is 5.10 Å². The molecule has 1 fully saturated rings. The maximum atomic E-state index is 13.8. The number of aromatic nitrogens is 2. The summed E-state index contributed by atoms with van der Waals surface area (Å²) in [6, 6.07) is 12.2. The number of benzene rings is 1. The Morgan fingerprint density at radius 2 is 1.77 bits per heavy atom. The summed E-state index contributed by atoms with van der Waals surface area (Å²) < 4.78 is 1.87. The van der Waals surface area contributed by atoms with Gasteiger partial charge in [-0.3, -0.25) is 19.3 Å². The van der Waals surface area contributed by atoms with E-state index in [0.717, 1.165) is 27.4 Å². The summed E-state index contributed by atoms with van der Waals surface area (Å²) in [5, 5.41) is 7.14. The zero-order valence-electron chi connectivity index (χ0n) is 23.1. The highest BCUT2D eigenvalue weighted by molar-refractivity contribution is 8.00. The minimum Gasteiger partial charge on any atom is -0.339 e. The van der Waals surface area contributed by atoms with Crippen LogP contribution in [-0.4, -0.2) is 75.8 Å². The van der Waals surface area contributed by atoms with Crippen molar-refractivity contribution in [2.24, 2.45) is 0 Å². The zero-order chi connectivity index (χ0) is 27.9. The smallest absolute Gasteiger partial charge is 0.242 e. The van der Waals surface area contributed by atoms with Crippen LogP contribution in [0.3, 0.4) is 0 Å². The first-order chi connectivity index (χ1) is 18.5. The summed E-state index contributed by atoms with van der Waals surface area (Å²) in [4.78, 5) is 45.5. The first kappa shape index (κ1) is 27.5. The van der Waals surface area contributed by atoms with Crippen LogP contribution >= 0.6 is 23.1 Å². The van der Waals surface area contributed by atoms with E-state index in [0.29, 0.717) is 32.0 Å². The average Bonchev–Trinajstić information content (AvgIpc) is 3.54. The summed E-state index contributed by atoms with van der Waals surface area (Å²) in [5.74, 6) is 0.731. The van der Waals surface area contributed by atoms with E-state index in [1.54, 1.807) is 44.7 Å². The van der Waals surface area contributed by atoms with E-state index in [2.05, 4.69) is 38.3 Å². The normalized spacial score (nSPS) is 18.2. The molecule has 1 atom stereocenters. The molecule has 3 aromatic rings. The SMILES string of the molecule is CC(=O)N1CCN(C(=O)CN2C(=O)CS[C@H](c3cccs3)c3c(C(C)(C)C)nn(-c4cccc(C)c4)c32)CC1. The van der Waals surface area contributed by atoms with Gasteiger partial charge in [0.25, 0.3) is 0 Å². The van der Waals surface area contributed by atoms with Crippen molar-refractivity contribution >= 4 is 46.6 Å². The Kier molecular flexibility index (Phi) is 7.61. The Labute approximate surface area is 238 Å². The lowest BCUT2D eigenvalue weighted by Crippen LogP contribution is -2.53. The molecule has 39 heavy (non-hydrogen) atoms. The van der Waals surface area contributed by atoms with Gasteiger partial charge < -0.3 is 9.80 Å². The molecule has 0 unspecified atom stereocenters. The highest BCUT2D eigenvalue weighted by Crippen LogP contribution is 2.49. The summed E-state index contributed by atoms with van der Waals surface area (Å²) in [7, 11) is 0. The number of anilines is 1. The van der Waals surface area contributed by atoms with Gasteiger partial charge in [0.2, 0.25) is 17.7 Å². The van der Waals surface area contributed by atoms with Gasteiger partial charge in [-0.2, -0.15) is 5.10 Å². The standard InChI is InChI=1S/C29H35N5O3S2/c1-19-8-6-9-21(16-19)34-28-25(27(30-34)29(3,4)5)26(22-10-7-15-38-22)39-18-24(37)33(28)17-23(36)32-13-11-31(12-14-32)20(2)35/h6-10,15-16,26H,11-14,17-18H2,1-5H3/t26-/m1/s1. The molecule has 5 rings (SSSR count). The monoisotopic (exact) mass is 565 g/mol. The van der Waals surface area contributed by atoms with Crippen LogP contribution < -0.4 is 4.90 Å². The quantitative estimate of drug-likeness (QED) is 0.469. The predicted octanol–water partition coefficient (Wildman–Crippen LogP) is 4.40. The fourth-order valence-electron chi connectivity index (χ4n) is 5.18. The second kappa shape index (κ2) is 10.8. The van der Waals surface area contributed by atoms with Crippen LogP contribution in [0.15, 0.2) is 41.8 Å². The van der Waals surface area contributed by atoms with E-state index in [9.17, 15) is 14.4 Å². The lowest BCUT2D eigenvalue weighted by molar-refractivity contribution is -0.137. The molecule has 2 aliphatic heterocycles. The molecule has 0 saturated carbocycles. The van der Waals surface area contributed by atoms with Crippen molar-refractivity contribution in [3.05, 3.63) is 63.5 Å². The molecule has 3 amide bonds. The number of rotatable bonds is 4. The number of thioether (sulfide) groups is 1. The first-order valence-corrected chi connectivity index (χ1v) is 15.2. The number of carbonyl (C=O) groups excluding carboxylic acids is 3. The molecule has 10 heteroatoms. The molecular weight excluding hydrogens is 530 g/mol. The van der Waals surface area contributed by atoms with Crippen LogP contribution in [0.1, 0.15) is 54.6 Å². The van der Waals surface area contributed by atoms with Crippen molar-refractivity contribution in [1.82, 2.24) is 19.6 Å². The van der Waals surface area contributed by atoms with Crippen molar-refractivity contribution < 1.29 is 14.4 Å². The highest BCUT2D eigenvalue weighted by Gasteiger charge is 2.40. The second-order valence-corrected chi connectivity index (χ2v) is 13.2. The largest absolute Gasteiger partial charge is 0.339 e. The number of thiophene rings is 1. The summed E-state index contributed by atoms with van der Waals surface area (Å²) >= 11 is 3.28. The molecule has 0 radical (unpaired) electrons. The van der Waals surface area contributed by atoms with Crippen molar-refractivity contribution in [1.29, 1.82) is 0 Å². The van der Waals surface area contributed by atoms with E-state index in [1.165, 1.54) is 0 Å². The zero-order valence-corrected chi connectivity index (χ0v) is 24.8. The summed E-state index contributed by atoms with van der Waals surface area (Å²) in [6.45, 7) is 11.9. The molecule has 0 N–H and O–H groups in total. The third-order valence-electron chi connectivity index (χ3n) is 7.22. The lowest BCUT2D eigenvalue weighted by atomic mass is 9.88. The van der Waals surface area contributed by atoms with Crippen molar-refractivity contribution in [2.45, 2.75) is 45.3 Å². The van der Waals surface area contributed by atoms with Gasteiger partial charge in [-0.1, -0.05) is 39.0 Å². The highest BCUT2D eigenvalue weighted by atomic mass is 32.2. The average molecular weight is 566 g/mol. The number of piperazine rings is 1. The minimum atomic E-state index is -0.290. The number of hydrogen-bond acceptors (Lipinski definition) is 6. The van der Waals surface area contributed by atoms with Crippen LogP contribution in [-0.2, 0) is 19.8 Å². The molecular formula is C29H35N5O3S2. The number of hydrogen-bond donors (Lipinski definition) is 0. The molecule has 1 saturated heterocycles. The third-order valence-corrected chi connectivity index (χ3v) is 9.54. The van der Waals surface area contributed by atoms with Gasteiger partial charge in [-0.15, -0.1) is 23.1 Å². The van der Waals surface area contributed by atoms with Crippen molar-refractivity contribution in [3.63, 3.8) is 0 Å². The van der Waals surface area contributed by atoms with Crippen LogP contribution in [0.2, 0.25) is 0 Å². The molecule has 4 heterocycles. The molecule has 2 aliphatic rings. The van der Waals surface area contributed by atoms with E-state index < -0.39 is 0 Å². The van der Waals surface area contributed by atoms with Crippen molar-refractivity contribution in [3.8, 4) is 5.69 Å². The maximum absolute atomic E-state index is 13.8. The fourth-order valence-corrected chi connectivity index (χ4v) is 7.36. The van der Waals surface area contributed by atoms with Gasteiger partial charge in [0.1, 0.15) is 12.4 Å². The molecule has 8 nitrogen and oxygen atoms in total. The Hall–Kier alpha value is -3.11. The molecule has 1 aromatic carbocycles. The molecule has 206 valence electrons. The molecule has 0 spiro atoms. The van der Waals surface area contributed by atoms with E-state index in [1.807, 2.05) is 35.9 Å². The number of carbonyl (C=O) groups is 3. The van der Waals surface area contributed by atoms with E-state index in [-0.39, 0.29) is 40.7 Å². The van der Waals surface area contributed by atoms with Gasteiger partial charge in [0, 0.05) is 49.0 Å². The van der Waals surface area contributed by atoms with Crippen LogP contribution in [0.5, 0.6) is 0 Å². The van der Waals surface area contributed by atoms with Crippen LogP contribution in [0, 0.1) is 6.92 Å². The fraction of sp³-hybridized carbons (Fsp3) is 0.448. The summed E-state index contributed by atoms with van der Waals surface area (Å²) in [5.41, 5.74) is 3.58. The Balaban J connectivity index is 1.63. The number of aryl methyl sites for hydroxylation is 1. The Morgan fingerprint density at radius 3 is 2.38 bits per heavy atom. The van der Waals surface area contributed by atoms with Gasteiger partial charge in [0.15, 0.2) is 0 Å². The van der Waals surface area contributed by atoms with Crippen LogP contribution in [0.25, 0.3) is 5.69 Å². The maximum Gasteiger partial charge on any atom is 0.242 e. The minimum absolute atomic E-state index is 0.0165. The molecule has 0 aliphatic carbocycles. The van der Waals surface area contributed by atoms with Crippen LogP contribution in [0.4, 0.5) is 5.82 Å². The predicted molar refractivity (Wildman–Crippen MR) is 157 cm³/mol.